The molecule has 0 radical (unpaired) electrons. The Labute approximate surface area is 209 Å². The summed E-state index contributed by atoms with van der Waals surface area (Å²) in [7, 11) is -4.13. The highest BCUT2D eigenvalue weighted by molar-refractivity contribution is 7.85. The van der Waals surface area contributed by atoms with E-state index in [1.807, 2.05) is 48.5 Å². The second kappa shape index (κ2) is 11.5. The Morgan fingerprint density at radius 3 is 2.17 bits per heavy atom. The van der Waals surface area contributed by atoms with Crippen LogP contribution in [-0.4, -0.2) is 60.4 Å². The average Bonchev–Trinajstić information content (AvgIpc) is 2.85. The number of anilines is 2. The quantitative estimate of drug-likeness (QED) is 0.401. The second-order valence-corrected chi connectivity index (χ2v) is 10.9. The fourth-order valence-electron chi connectivity index (χ4n) is 5.09. The maximum atomic E-state index is 12.0. The van der Waals surface area contributed by atoms with Gasteiger partial charge in [0.25, 0.3) is 10.1 Å². The van der Waals surface area contributed by atoms with E-state index in [0.29, 0.717) is 0 Å². The molecule has 2 aliphatic rings. The number of ether oxygens (including phenoxy) is 1. The highest BCUT2D eigenvalue weighted by atomic mass is 32.2. The summed E-state index contributed by atoms with van der Waals surface area (Å²) < 4.78 is 39.9. The lowest BCUT2D eigenvalue weighted by Crippen LogP contribution is -2.60. The molecule has 0 spiro atoms. The van der Waals surface area contributed by atoms with Gasteiger partial charge in [-0.05, 0) is 49.7 Å². The van der Waals surface area contributed by atoms with Crippen molar-refractivity contribution in [2.75, 3.05) is 30.3 Å². The van der Waals surface area contributed by atoms with Crippen molar-refractivity contribution in [2.45, 2.75) is 58.2 Å². The largest absolute Gasteiger partial charge is 0.453 e. The Kier molecular flexibility index (Phi) is 8.36. The van der Waals surface area contributed by atoms with E-state index in [-0.39, 0.29) is 24.4 Å². The average molecular weight is 500 g/mol. The van der Waals surface area contributed by atoms with Gasteiger partial charge in [-0.1, -0.05) is 57.0 Å². The maximum absolute atomic E-state index is 12.0. The number of unbranched alkanes of at least 4 members (excludes halogenated alkanes) is 2. The van der Waals surface area contributed by atoms with Gasteiger partial charge in [-0.3, -0.25) is 9.45 Å². The summed E-state index contributed by atoms with van der Waals surface area (Å²) in [4.78, 5) is 7.05. The lowest BCUT2D eigenvalue weighted by Gasteiger charge is -2.50. The van der Waals surface area contributed by atoms with Crippen molar-refractivity contribution in [3.05, 3.63) is 60.8 Å². The van der Waals surface area contributed by atoms with Crippen LogP contribution < -0.4 is 9.64 Å². The summed E-state index contributed by atoms with van der Waals surface area (Å²) in [5.41, 5.74) is 1.82. The standard InChI is InChI=1S/C27H37N3O4S/c1-3-5-17-28-19-11-20-29(18-6-4-2)27(28)24(16-21-35(31,32)33)30-22-12-7-9-14-25(22)34-26-15-10-8-13-23(26)30/h7-15,19,24,27H,3-6,16-18,20-21H2,1-2H3,(H,31,32,33). The molecule has 2 heterocycles. The van der Waals surface area contributed by atoms with Crippen LogP contribution >= 0.6 is 0 Å². The van der Waals surface area contributed by atoms with Gasteiger partial charge in [0.05, 0.1) is 23.2 Å². The van der Waals surface area contributed by atoms with E-state index in [1.165, 1.54) is 0 Å². The molecule has 0 aliphatic carbocycles. The lowest BCUT2D eigenvalue weighted by atomic mass is 10.0. The van der Waals surface area contributed by atoms with Crippen molar-refractivity contribution in [1.29, 1.82) is 0 Å². The number of hydrogen-bond donors (Lipinski definition) is 1. The summed E-state index contributed by atoms with van der Waals surface area (Å²) in [6.45, 7) is 6.99. The third kappa shape index (κ3) is 6.00. The van der Waals surface area contributed by atoms with E-state index < -0.39 is 10.1 Å². The van der Waals surface area contributed by atoms with Crippen LogP contribution in [0.25, 0.3) is 0 Å². The molecule has 0 fully saturated rings. The van der Waals surface area contributed by atoms with E-state index in [0.717, 1.165) is 68.2 Å². The lowest BCUT2D eigenvalue weighted by molar-refractivity contribution is 0.0488. The number of hydrogen-bond acceptors (Lipinski definition) is 6. The number of para-hydroxylation sites is 4. The van der Waals surface area contributed by atoms with Crippen LogP contribution in [0.1, 0.15) is 46.0 Å². The van der Waals surface area contributed by atoms with Crippen molar-refractivity contribution in [3.8, 4) is 11.5 Å². The first-order valence-electron chi connectivity index (χ1n) is 12.7. The van der Waals surface area contributed by atoms with Crippen molar-refractivity contribution >= 4 is 21.5 Å². The minimum Gasteiger partial charge on any atom is -0.453 e. The predicted octanol–water partition coefficient (Wildman–Crippen LogP) is 5.63. The van der Waals surface area contributed by atoms with Gasteiger partial charge >= 0.3 is 0 Å². The van der Waals surface area contributed by atoms with Gasteiger partial charge in [0.2, 0.25) is 0 Å². The first-order valence-corrected chi connectivity index (χ1v) is 14.3. The van der Waals surface area contributed by atoms with Gasteiger partial charge < -0.3 is 14.5 Å². The summed E-state index contributed by atoms with van der Waals surface area (Å²) >= 11 is 0. The van der Waals surface area contributed by atoms with Crippen LogP contribution in [-0.2, 0) is 10.1 Å². The van der Waals surface area contributed by atoms with Crippen LogP contribution in [0, 0.1) is 0 Å². The monoisotopic (exact) mass is 499 g/mol. The van der Waals surface area contributed by atoms with Gasteiger partial charge in [0.1, 0.15) is 6.17 Å². The Balaban J connectivity index is 1.84. The van der Waals surface area contributed by atoms with Crippen molar-refractivity contribution in [3.63, 3.8) is 0 Å². The first-order chi connectivity index (χ1) is 16.9. The SMILES string of the molecule is CCCCN1C=CCN(CCCC)C1C(CCS(=O)(=O)O)N1c2ccccc2Oc2ccccc21. The molecule has 35 heavy (non-hydrogen) atoms. The fraction of sp³-hybridized carbons (Fsp3) is 0.481. The van der Waals surface area contributed by atoms with Crippen LogP contribution in [0.15, 0.2) is 60.8 Å². The molecule has 0 saturated carbocycles. The van der Waals surface area contributed by atoms with Crippen LogP contribution in [0.5, 0.6) is 11.5 Å². The number of rotatable bonds is 11. The molecule has 2 aromatic carbocycles. The topological polar surface area (TPSA) is 73.3 Å². The molecule has 2 aliphatic heterocycles. The van der Waals surface area contributed by atoms with E-state index in [2.05, 4.69) is 40.8 Å². The molecular formula is C27H37N3O4S. The molecule has 0 amide bonds. The van der Waals surface area contributed by atoms with E-state index in [4.69, 9.17) is 4.74 Å². The molecule has 1 N–H and O–H groups in total. The van der Waals surface area contributed by atoms with Gasteiger partial charge in [-0.15, -0.1) is 0 Å². The Bertz CT molecular complexity index is 1080. The van der Waals surface area contributed by atoms with Crippen molar-refractivity contribution in [1.82, 2.24) is 9.80 Å². The summed E-state index contributed by atoms with van der Waals surface area (Å²) in [6, 6.07) is 15.6. The number of nitrogens with zero attached hydrogens (tertiary/aromatic N) is 3. The van der Waals surface area contributed by atoms with Crippen LogP contribution in [0.4, 0.5) is 11.4 Å². The molecule has 4 rings (SSSR count). The maximum Gasteiger partial charge on any atom is 0.264 e. The normalized spacial score (nSPS) is 18.7. The Hall–Kier alpha value is -2.55. The summed E-state index contributed by atoms with van der Waals surface area (Å²) in [6.07, 6.45) is 8.86. The third-order valence-corrected chi connectivity index (χ3v) is 7.49. The molecule has 0 bridgehead atoms. The minimum absolute atomic E-state index is 0.0564. The molecule has 2 unspecified atom stereocenters. The summed E-state index contributed by atoms with van der Waals surface area (Å²) in [5.74, 6) is 1.19. The molecular weight excluding hydrogens is 462 g/mol. The highest BCUT2D eigenvalue weighted by Gasteiger charge is 2.40. The van der Waals surface area contributed by atoms with Gasteiger partial charge in [0, 0.05) is 19.6 Å². The molecule has 8 heteroatoms. The van der Waals surface area contributed by atoms with Crippen LogP contribution in [0.2, 0.25) is 0 Å². The van der Waals surface area contributed by atoms with Gasteiger partial charge in [-0.2, -0.15) is 8.42 Å². The number of fused-ring (bicyclic) bond motifs is 2. The highest BCUT2D eigenvalue weighted by Crippen LogP contribution is 2.48. The second-order valence-electron chi connectivity index (χ2n) is 9.29. The number of benzene rings is 2. The van der Waals surface area contributed by atoms with Crippen LogP contribution in [0.3, 0.4) is 0 Å². The van der Waals surface area contributed by atoms with Crippen molar-refractivity contribution in [2.24, 2.45) is 0 Å². The zero-order valence-corrected chi connectivity index (χ0v) is 21.5. The zero-order valence-electron chi connectivity index (χ0n) is 20.7. The zero-order chi connectivity index (χ0) is 24.8. The minimum atomic E-state index is -4.13. The van der Waals surface area contributed by atoms with Gasteiger partial charge in [0.15, 0.2) is 11.5 Å². The molecule has 7 nitrogen and oxygen atoms in total. The van der Waals surface area contributed by atoms with Crippen molar-refractivity contribution < 1.29 is 17.7 Å². The molecule has 0 aromatic heterocycles. The van der Waals surface area contributed by atoms with E-state index in [9.17, 15) is 13.0 Å². The predicted molar refractivity (Wildman–Crippen MR) is 141 cm³/mol. The summed E-state index contributed by atoms with van der Waals surface area (Å²) in [5, 5.41) is 0. The van der Waals surface area contributed by atoms with Gasteiger partial charge in [-0.25, -0.2) is 0 Å². The first kappa shape index (κ1) is 25.5. The molecule has 190 valence electrons. The fourth-order valence-corrected chi connectivity index (χ4v) is 5.63. The Morgan fingerprint density at radius 1 is 0.971 bits per heavy atom. The van der Waals surface area contributed by atoms with E-state index in [1.54, 1.807) is 0 Å². The molecule has 2 aromatic rings. The molecule has 0 saturated heterocycles. The third-order valence-electron chi connectivity index (χ3n) is 6.74. The molecule has 2 atom stereocenters. The smallest absolute Gasteiger partial charge is 0.264 e. The van der Waals surface area contributed by atoms with E-state index >= 15 is 0 Å². The Morgan fingerprint density at radius 2 is 1.57 bits per heavy atom.